The number of imidazole rings is 1. The number of carbonyl (C=O) groups excluding carboxylic acids is 1. The Labute approximate surface area is 147 Å². The maximum atomic E-state index is 12.5. The van der Waals surface area contributed by atoms with Crippen LogP contribution in [0.25, 0.3) is 9.88 Å². The summed E-state index contributed by atoms with van der Waals surface area (Å²) in [6, 6.07) is 3.76. The first kappa shape index (κ1) is 16.2. The van der Waals surface area contributed by atoms with Gasteiger partial charge in [-0.05, 0) is 26.0 Å². The molecule has 0 aliphatic carbocycles. The topological polar surface area (TPSA) is 59.8 Å². The van der Waals surface area contributed by atoms with E-state index in [1.807, 2.05) is 36.7 Å². The summed E-state index contributed by atoms with van der Waals surface area (Å²) < 4.78 is 2.65. The van der Waals surface area contributed by atoms with Crippen molar-refractivity contribution in [3.63, 3.8) is 0 Å². The predicted octanol–water partition coefficient (Wildman–Crippen LogP) is 3.85. The molecule has 0 aliphatic heterocycles. The molecule has 0 bridgehead atoms. The molecule has 8 heteroatoms. The van der Waals surface area contributed by atoms with Crippen LogP contribution >= 0.6 is 34.3 Å². The molecule has 0 radical (unpaired) electrons. The SMILES string of the molecule is Cc1nc(-c2ccc(Cl)s2)sc1C(=O)NC(C)Cn1ccnc1. The van der Waals surface area contributed by atoms with Crippen LogP contribution in [0.1, 0.15) is 22.3 Å². The largest absolute Gasteiger partial charge is 0.347 e. The first-order valence-corrected chi connectivity index (χ1v) is 9.04. The quantitative estimate of drug-likeness (QED) is 0.746. The molecule has 0 spiro atoms. The summed E-state index contributed by atoms with van der Waals surface area (Å²) in [4.78, 5) is 22.6. The van der Waals surface area contributed by atoms with Crippen molar-refractivity contribution in [2.24, 2.45) is 0 Å². The Kier molecular flexibility index (Phi) is 4.79. The summed E-state index contributed by atoms with van der Waals surface area (Å²) in [7, 11) is 0. The lowest BCUT2D eigenvalue weighted by Crippen LogP contribution is -2.35. The number of carbonyl (C=O) groups is 1. The van der Waals surface area contributed by atoms with E-state index < -0.39 is 0 Å². The number of rotatable bonds is 5. The van der Waals surface area contributed by atoms with Gasteiger partial charge in [-0.3, -0.25) is 4.79 Å². The van der Waals surface area contributed by atoms with E-state index >= 15 is 0 Å². The van der Waals surface area contributed by atoms with Crippen LogP contribution in [0.15, 0.2) is 30.9 Å². The van der Waals surface area contributed by atoms with Crippen LogP contribution < -0.4 is 5.32 Å². The number of halogens is 1. The Balaban J connectivity index is 1.71. The van der Waals surface area contributed by atoms with Gasteiger partial charge >= 0.3 is 0 Å². The highest BCUT2D eigenvalue weighted by Gasteiger charge is 2.18. The van der Waals surface area contributed by atoms with Crippen molar-refractivity contribution in [1.29, 1.82) is 0 Å². The van der Waals surface area contributed by atoms with Gasteiger partial charge in [-0.2, -0.15) is 0 Å². The van der Waals surface area contributed by atoms with Crippen LogP contribution in [0, 0.1) is 6.92 Å². The summed E-state index contributed by atoms with van der Waals surface area (Å²) in [6.07, 6.45) is 5.33. The molecule has 3 rings (SSSR count). The van der Waals surface area contributed by atoms with Gasteiger partial charge in [0.05, 0.1) is 21.2 Å². The van der Waals surface area contributed by atoms with E-state index in [2.05, 4.69) is 15.3 Å². The molecule has 0 fully saturated rings. The highest BCUT2D eigenvalue weighted by molar-refractivity contribution is 7.24. The number of nitrogens with one attached hydrogen (secondary N) is 1. The molecular weight excluding hydrogens is 352 g/mol. The van der Waals surface area contributed by atoms with Crippen LogP contribution in [0.5, 0.6) is 0 Å². The molecular formula is C15H15ClN4OS2. The summed E-state index contributed by atoms with van der Waals surface area (Å²) >= 11 is 8.82. The number of thiophene rings is 1. The fourth-order valence-electron chi connectivity index (χ4n) is 2.19. The molecule has 0 saturated heterocycles. The third-order valence-corrected chi connectivity index (χ3v) is 5.76. The third kappa shape index (κ3) is 3.80. The summed E-state index contributed by atoms with van der Waals surface area (Å²) in [5.41, 5.74) is 0.738. The first-order chi connectivity index (χ1) is 11.0. The van der Waals surface area contributed by atoms with E-state index in [1.54, 1.807) is 12.5 Å². The van der Waals surface area contributed by atoms with Crippen LogP contribution in [-0.2, 0) is 6.54 Å². The van der Waals surface area contributed by atoms with Crippen molar-refractivity contribution in [2.45, 2.75) is 26.4 Å². The average molecular weight is 367 g/mol. The Morgan fingerprint density at radius 2 is 2.26 bits per heavy atom. The molecule has 5 nitrogen and oxygen atoms in total. The van der Waals surface area contributed by atoms with Crippen molar-refractivity contribution in [2.75, 3.05) is 0 Å². The second-order valence-electron chi connectivity index (χ2n) is 5.17. The molecule has 1 N–H and O–H groups in total. The Hall–Kier alpha value is -1.70. The number of amides is 1. The Morgan fingerprint density at radius 1 is 1.43 bits per heavy atom. The molecule has 1 atom stereocenters. The van der Waals surface area contributed by atoms with Gasteiger partial charge in [-0.15, -0.1) is 22.7 Å². The smallest absolute Gasteiger partial charge is 0.263 e. The molecule has 23 heavy (non-hydrogen) atoms. The van der Waals surface area contributed by atoms with E-state index in [1.165, 1.54) is 22.7 Å². The maximum Gasteiger partial charge on any atom is 0.263 e. The van der Waals surface area contributed by atoms with Crippen LogP contribution in [0.4, 0.5) is 0 Å². The Bertz CT molecular complexity index is 809. The van der Waals surface area contributed by atoms with E-state index in [-0.39, 0.29) is 11.9 Å². The van der Waals surface area contributed by atoms with Gasteiger partial charge in [-0.1, -0.05) is 11.6 Å². The number of hydrogen-bond donors (Lipinski definition) is 1. The number of aromatic nitrogens is 3. The molecule has 3 heterocycles. The average Bonchev–Trinajstić information content (AvgIpc) is 3.20. The zero-order valence-corrected chi connectivity index (χ0v) is 15.0. The number of hydrogen-bond acceptors (Lipinski definition) is 5. The minimum atomic E-state index is -0.0958. The van der Waals surface area contributed by atoms with Crippen LogP contribution in [0.2, 0.25) is 4.34 Å². The van der Waals surface area contributed by atoms with E-state index in [9.17, 15) is 4.79 Å². The van der Waals surface area contributed by atoms with E-state index in [0.29, 0.717) is 15.8 Å². The number of aryl methyl sites for hydroxylation is 1. The second-order valence-corrected chi connectivity index (χ2v) is 7.89. The maximum absolute atomic E-state index is 12.5. The number of thiazole rings is 1. The minimum Gasteiger partial charge on any atom is -0.347 e. The zero-order valence-electron chi connectivity index (χ0n) is 12.6. The molecule has 0 aromatic carbocycles. The van der Waals surface area contributed by atoms with Gasteiger partial charge < -0.3 is 9.88 Å². The molecule has 0 aliphatic rings. The van der Waals surface area contributed by atoms with Gasteiger partial charge in [-0.25, -0.2) is 9.97 Å². The van der Waals surface area contributed by atoms with Crippen molar-refractivity contribution in [1.82, 2.24) is 19.9 Å². The summed E-state index contributed by atoms with van der Waals surface area (Å²) in [6.45, 7) is 4.50. The molecule has 3 aromatic rings. The predicted molar refractivity (Wildman–Crippen MR) is 94.3 cm³/mol. The van der Waals surface area contributed by atoms with Crippen LogP contribution in [-0.4, -0.2) is 26.5 Å². The molecule has 1 unspecified atom stereocenters. The fraction of sp³-hybridized carbons (Fsp3) is 0.267. The van der Waals surface area contributed by atoms with Gasteiger partial charge in [0.1, 0.15) is 9.88 Å². The van der Waals surface area contributed by atoms with E-state index in [4.69, 9.17) is 11.6 Å². The second kappa shape index (κ2) is 6.82. The van der Waals surface area contributed by atoms with Gasteiger partial charge in [0.25, 0.3) is 5.91 Å². The standard InChI is InChI=1S/C15H15ClN4OS2/c1-9(7-20-6-5-17-8-20)18-14(21)13-10(2)19-15(23-13)11-3-4-12(16)22-11/h3-6,8-9H,7H2,1-2H3,(H,18,21). The third-order valence-electron chi connectivity index (χ3n) is 3.21. The lowest BCUT2D eigenvalue weighted by Gasteiger charge is -2.13. The Morgan fingerprint density at radius 3 is 2.91 bits per heavy atom. The van der Waals surface area contributed by atoms with Gasteiger partial charge in [0, 0.05) is 25.0 Å². The molecule has 0 saturated carbocycles. The van der Waals surface area contributed by atoms with Crippen LogP contribution in [0.3, 0.4) is 0 Å². The lowest BCUT2D eigenvalue weighted by molar-refractivity contribution is 0.0940. The molecule has 120 valence electrons. The highest BCUT2D eigenvalue weighted by Crippen LogP contribution is 2.34. The van der Waals surface area contributed by atoms with E-state index in [0.717, 1.165) is 15.6 Å². The first-order valence-electron chi connectivity index (χ1n) is 7.02. The lowest BCUT2D eigenvalue weighted by atomic mass is 10.3. The van der Waals surface area contributed by atoms with Crippen molar-refractivity contribution >= 4 is 40.2 Å². The minimum absolute atomic E-state index is 0.00201. The monoisotopic (exact) mass is 366 g/mol. The molecule has 3 aromatic heterocycles. The fourth-order valence-corrected chi connectivity index (χ4v) is 4.25. The zero-order chi connectivity index (χ0) is 16.4. The normalized spacial score (nSPS) is 12.3. The highest BCUT2D eigenvalue weighted by atomic mass is 35.5. The van der Waals surface area contributed by atoms with Crippen molar-refractivity contribution in [3.8, 4) is 9.88 Å². The number of nitrogens with zero attached hydrogens (tertiary/aromatic N) is 3. The summed E-state index contributed by atoms with van der Waals surface area (Å²) in [5.74, 6) is -0.0958. The van der Waals surface area contributed by atoms with Crippen molar-refractivity contribution < 1.29 is 4.79 Å². The summed E-state index contributed by atoms with van der Waals surface area (Å²) in [5, 5.41) is 3.83. The molecule has 1 amide bonds. The van der Waals surface area contributed by atoms with Gasteiger partial charge in [0.15, 0.2) is 0 Å². The van der Waals surface area contributed by atoms with Crippen molar-refractivity contribution in [3.05, 3.63) is 45.8 Å². The van der Waals surface area contributed by atoms with Gasteiger partial charge in [0.2, 0.25) is 0 Å².